The van der Waals surface area contributed by atoms with Crippen LogP contribution in [0.4, 0.5) is 0 Å². The van der Waals surface area contributed by atoms with Crippen molar-refractivity contribution in [3.8, 4) is 0 Å². The van der Waals surface area contributed by atoms with Crippen LogP contribution in [0.3, 0.4) is 0 Å². The molecule has 9 nitrogen and oxygen atoms in total. The first kappa shape index (κ1) is 18.6. The van der Waals surface area contributed by atoms with E-state index >= 15 is 0 Å². The summed E-state index contributed by atoms with van der Waals surface area (Å²) in [5.41, 5.74) is 1.39. The lowest BCUT2D eigenvalue weighted by Gasteiger charge is -2.27. The van der Waals surface area contributed by atoms with Gasteiger partial charge in [0.05, 0.1) is 23.7 Å². The van der Waals surface area contributed by atoms with E-state index in [9.17, 15) is 18.0 Å². The van der Waals surface area contributed by atoms with Crippen molar-refractivity contribution in [2.24, 2.45) is 12.1 Å². The average molecular weight is 381 g/mol. The summed E-state index contributed by atoms with van der Waals surface area (Å²) in [5.74, 6) is -0.537. The van der Waals surface area contributed by atoms with Gasteiger partial charge in [-0.15, -0.1) is 0 Å². The van der Waals surface area contributed by atoms with E-state index in [0.717, 1.165) is 18.4 Å². The Balaban J connectivity index is 1.53. The number of carbonyl (C=O) groups excluding carboxylic acids is 2. The van der Waals surface area contributed by atoms with Crippen LogP contribution >= 0.6 is 0 Å². The molecule has 0 aromatic carbocycles. The summed E-state index contributed by atoms with van der Waals surface area (Å²) in [4.78, 5) is 24.4. The molecular formula is C16H23N5O4S. The second kappa shape index (κ2) is 7.56. The molecule has 1 saturated heterocycles. The number of carbonyl (C=O) groups is 2. The van der Waals surface area contributed by atoms with Gasteiger partial charge in [0, 0.05) is 32.6 Å². The third kappa shape index (κ3) is 4.48. The number of aryl methyl sites for hydroxylation is 2. The Morgan fingerprint density at radius 1 is 1.38 bits per heavy atom. The maximum atomic E-state index is 12.3. The predicted molar refractivity (Wildman–Crippen MR) is 95.1 cm³/mol. The molecule has 0 bridgehead atoms. The fraction of sp³-hybridized carbons (Fsp3) is 0.625. The first-order valence-corrected chi connectivity index (χ1v) is 10.5. The Kier molecular flexibility index (Phi) is 5.40. The lowest BCUT2D eigenvalue weighted by atomic mass is 10.1. The summed E-state index contributed by atoms with van der Waals surface area (Å²) in [7, 11) is -1.26. The monoisotopic (exact) mass is 381 g/mol. The summed E-state index contributed by atoms with van der Waals surface area (Å²) in [6.45, 7) is 0.499. The van der Waals surface area contributed by atoms with Crippen LogP contribution in [0.2, 0.25) is 0 Å². The molecule has 2 amide bonds. The molecule has 0 spiro atoms. The molecule has 1 fully saturated rings. The Morgan fingerprint density at radius 3 is 2.85 bits per heavy atom. The Labute approximate surface area is 152 Å². The number of rotatable bonds is 6. The van der Waals surface area contributed by atoms with Crippen molar-refractivity contribution in [1.82, 2.24) is 20.1 Å². The van der Waals surface area contributed by atoms with Gasteiger partial charge in [-0.1, -0.05) is 0 Å². The van der Waals surface area contributed by atoms with Gasteiger partial charge in [-0.3, -0.25) is 14.3 Å². The molecule has 1 unspecified atom stereocenters. The molecule has 1 N–H and O–H groups in total. The SMILES string of the molecule is Cn1cc(CCCNC(=O)C2=NN(C3CCS(=O)(=O)C3)C(=O)CC2)cn1. The van der Waals surface area contributed by atoms with Crippen molar-refractivity contribution in [3.05, 3.63) is 18.0 Å². The molecule has 2 aliphatic rings. The first-order valence-electron chi connectivity index (χ1n) is 8.70. The van der Waals surface area contributed by atoms with Crippen LogP contribution in [0.5, 0.6) is 0 Å². The largest absolute Gasteiger partial charge is 0.351 e. The van der Waals surface area contributed by atoms with Gasteiger partial charge in [-0.2, -0.15) is 10.2 Å². The van der Waals surface area contributed by atoms with Gasteiger partial charge in [0.15, 0.2) is 9.84 Å². The Morgan fingerprint density at radius 2 is 2.19 bits per heavy atom. The van der Waals surface area contributed by atoms with E-state index in [-0.39, 0.29) is 41.9 Å². The number of nitrogens with zero attached hydrogens (tertiary/aromatic N) is 4. The number of aromatic nitrogens is 2. The minimum Gasteiger partial charge on any atom is -0.351 e. The zero-order chi connectivity index (χ0) is 18.7. The molecule has 142 valence electrons. The normalized spacial score (nSPS) is 22.3. The standard InChI is InChI=1S/C16H23N5O4S/c1-20-10-12(9-18-20)3-2-7-17-16(23)14-4-5-15(22)21(19-14)13-6-8-26(24,25)11-13/h9-10,13H,2-8,11H2,1H3,(H,17,23). The predicted octanol–water partition coefficient (Wildman–Crippen LogP) is -0.366. The quantitative estimate of drug-likeness (QED) is 0.676. The van der Waals surface area contributed by atoms with Gasteiger partial charge in [-0.05, 0) is 24.8 Å². The molecule has 0 saturated carbocycles. The third-order valence-electron chi connectivity index (χ3n) is 4.56. The number of hydrazone groups is 1. The fourth-order valence-electron chi connectivity index (χ4n) is 3.19. The highest BCUT2D eigenvalue weighted by atomic mass is 32.2. The van der Waals surface area contributed by atoms with E-state index in [1.807, 2.05) is 13.2 Å². The van der Waals surface area contributed by atoms with E-state index in [4.69, 9.17) is 0 Å². The van der Waals surface area contributed by atoms with E-state index < -0.39 is 15.9 Å². The van der Waals surface area contributed by atoms with Crippen molar-refractivity contribution >= 4 is 27.4 Å². The molecule has 1 aromatic heterocycles. The minimum absolute atomic E-state index is 0.0623. The summed E-state index contributed by atoms with van der Waals surface area (Å²) >= 11 is 0. The van der Waals surface area contributed by atoms with Crippen molar-refractivity contribution in [1.29, 1.82) is 0 Å². The minimum atomic E-state index is -3.12. The van der Waals surface area contributed by atoms with Crippen molar-refractivity contribution in [2.75, 3.05) is 18.1 Å². The molecule has 26 heavy (non-hydrogen) atoms. The highest BCUT2D eigenvalue weighted by Crippen LogP contribution is 2.22. The van der Waals surface area contributed by atoms with Gasteiger partial charge >= 0.3 is 0 Å². The zero-order valence-corrected chi connectivity index (χ0v) is 15.5. The van der Waals surface area contributed by atoms with Crippen LogP contribution in [-0.4, -0.2) is 64.8 Å². The van der Waals surface area contributed by atoms with Crippen LogP contribution in [0, 0.1) is 0 Å². The Hall–Kier alpha value is -2.23. The first-order chi connectivity index (χ1) is 12.3. The van der Waals surface area contributed by atoms with Crippen molar-refractivity contribution in [2.45, 2.75) is 38.1 Å². The van der Waals surface area contributed by atoms with Gasteiger partial charge in [0.25, 0.3) is 5.91 Å². The second-order valence-corrected chi connectivity index (χ2v) is 8.95. The van der Waals surface area contributed by atoms with E-state index in [0.29, 0.717) is 13.0 Å². The fourth-order valence-corrected chi connectivity index (χ4v) is 4.88. The highest BCUT2D eigenvalue weighted by molar-refractivity contribution is 7.91. The maximum Gasteiger partial charge on any atom is 0.267 e. The molecule has 0 aliphatic carbocycles. The Bertz CT molecular complexity index is 829. The highest BCUT2D eigenvalue weighted by Gasteiger charge is 2.37. The van der Waals surface area contributed by atoms with Crippen molar-refractivity contribution < 1.29 is 18.0 Å². The van der Waals surface area contributed by atoms with Crippen molar-refractivity contribution in [3.63, 3.8) is 0 Å². The lowest BCUT2D eigenvalue weighted by Crippen LogP contribution is -2.44. The zero-order valence-electron chi connectivity index (χ0n) is 14.7. The van der Waals surface area contributed by atoms with Crippen LogP contribution < -0.4 is 5.32 Å². The molecule has 1 aromatic rings. The number of hydrogen-bond acceptors (Lipinski definition) is 6. The number of nitrogens with one attached hydrogen (secondary N) is 1. The molecule has 3 rings (SSSR count). The van der Waals surface area contributed by atoms with Crippen LogP contribution in [0.25, 0.3) is 0 Å². The maximum absolute atomic E-state index is 12.3. The molecular weight excluding hydrogens is 358 g/mol. The van der Waals surface area contributed by atoms with Gasteiger partial charge < -0.3 is 5.32 Å². The number of amides is 2. The van der Waals surface area contributed by atoms with Gasteiger partial charge in [0.2, 0.25) is 5.91 Å². The molecule has 2 aliphatic heterocycles. The molecule has 0 radical (unpaired) electrons. The van der Waals surface area contributed by atoms with E-state index in [1.165, 1.54) is 5.01 Å². The molecule has 10 heteroatoms. The topological polar surface area (TPSA) is 114 Å². The summed E-state index contributed by atoms with van der Waals surface area (Å²) < 4.78 is 25.0. The van der Waals surface area contributed by atoms with Gasteiger partial charge in [-0.25, -0.2) is 13.4 Å². The van der Waals surface area contributed by atoms with Gasteiger partial charge in [0.1, 0.15) is 5.71 Å². The second-order valence-electron chi connectivity index (χ2n) is 6.72. The summed E-state index contributed by atoms with van der Waals surface area (Å²) in [6.07, 6.45) is 6.15. The average Bonchev–Trinajstić information content (AvgIpc) is 3.17. The van der Waals surface area contributed by atoms with E-state index in [2.05, 4.69) is 15.5 Å². The van der Waals surface area contributed by atoms with Crippen LogP contribution in [0.1, 0.15) is 31.2 Å². The molecule has 1 atom stereocenters. The summed E-state index contributed by atoms with van der Waals surface area (Å²) in [5, 5.41) is 12.3. The lowest BCUT2D eigenvalue weighted by molar-refractivity contribution is -0.133. The summed E-state index contributed by atoms with van der Waals surface area (Å²) in [6, 6.07) is -0.457. The van der Waals surface area contributed by atoms with E-state index in [1.54, 1.807) is 10.9 Å². The smallest absolute Gasteiger partial charge is 0.267 e. The van der Waals surface area contributed by atoms with Crippen LogP contribution in [0.15, 0.2) is 17.5 Å². The molecule has 3 heterocycles. The third-order valence-corrected chi connectivity index (χ3v) is 6.31. The van der Waals surface area contributed by atoms with Crippen LogP contribution in [-0.2, 0) is 32.9 Å². The number of hydrogen-bond donors (Lipinski definition) is 1. The number of sulfone groups is 1.